The van der Waals surface area contributed by atoms with Gasteiger partial charge >= 0.3 is 0 Å². The lowest BCUT2D eigenvalue weighted by Gasteiger charge is -2.19. The standard InChI is InChI=1S/C16H21N3OS/c1-4-9-17-14-8-6-5-7-13(14)16(20)19(3)10-15-12(2)18-11-21-15/h5-8,11,17H,4,9-10H2,1-3H3. The van der Waals surface area contributed by atoms with Crippen molar-refractivity contribution in [1.82, 2.24) is 9.88 Å². The highest BCUT2D eigenvalue weighted by molar-refractivity contribution is 7.09. The second-order valence-electron chi connectivity index (χ2n) is 4.99. The molecule has 1 N–H and O–H groups in total. The molecule has 0 bridgehead atoms. The smallest absolute Gasteiger partial charge is 0.256 e. The molecule has 0 fully saturated rings. The van der Waals surface area contributed by atoms with E-state index in [-0.39, 0.29) is 5.91 Å². The number of benzene rings is 1. The first-order chi connectivity index (χ1) is 10.1. The van der Waals surface area contributed by atoms with E-state index in [1.54, 1.807) is 16.2 Å². The van der Waals surface area contributed by atoms with Gasteiger partial charge in [0.15, 0.2) is 0 Å². The molecule has 5 heteroatoms. The van der Waals surface area contributed by atoms with E-state index < -0.39 is 0 Å². The van der Waals surface area contributed by atoms with E-state index in [9.17, 15) is 4.79 Å². The number of nitrogens with zero attached hydrogens (tertiary/aromatic N) is 2. The molecule has 1 aromatic heterocycles. The third-order valence-corrected chi connectivity index (χ3v) is 4.22. The van der Waals surface area contributed by atoms with Crippen LogP contribution < -0.4 is 5.32 Å². The molecule has 0 aliphatic carbocycles. The number of thiazole rings is 1. The number of hydrogen-bond donors (Lipinski definition) is 1. The van der Waals surface area contributed by atoms with E-state index in [0.717, 1.165) is 34.8 Å². The summed E-state index contributed by atoms with van der Waals surface area (Å²) in [7, 11) is 1.83. The first-order valence-corrected chi connectivity index (χ1v) is 7.98. The van der Waals surface area contributed by atoms with Gasteiger partial charge in [-0.2, -0.15) is 0 Å². The SMILES string of the molecule is CCCNc1ccccc1C(=O)N(C)Cc1scnc1C. The first-order valence-electron chi connectivity index (χ1n) is 7.10. The number of aryl methyl sites for hydroxylation is 1. The second kappa shape index (κ2) is 7.22. The van der Waals surface area contributed by atoms with Crippen LogP contribution in [0.15, 0.2) is 29.8 Å². The molecule has 0 spiro atoms. The van der Waals surface area contributed by atoms with Crippen LogP contribution in [0.25, 0.3) is 0 Å². The summed E-state index contributed by atoms with van der Waals surface area (Å²) in [5.41, 5.74) is 4.43. The van der Waals surface area contributed by atoms with Crippen molar-refractivity contribution < 1.29 is 4.79 Å². The molecule has 0 aliphatic heterocycles. The Morgan fingerprint density at radius 2 is 2.14 bits per heavy atom. The Hall–Kier alpha value is -1.88. The lowest BCUT2D eigenvalue weighted by atomic mass is 10.1. The van der Waals surface area contributed by atoms with Crippen molar-refractivity contribution in [3.05, 3.63) is 45.9 Å². The molecule has 0 atom stereocenters. The summed E-state index contributed by atoms with van der Waals surface area (Å²) < 4.78 is 0. The molecule has 4 nitrogen and oxygen atoms in total. The summed E-state index contributed by atoms with van der Waals surface area (Å²) in [6.07, 6.45) is 1.03. The van der Waals surface area contributed by atoms with E-state index in [0.29, 0.717) is 6.54 Å². The molecule has 0 saturated carbocycles. The van der Waals surface area contributed by atoms with E-state index in [1.807, 2.05) is 43.7 Å². The Morgan fingerprint density at radius 3 is 2.81 bits per heavy atom. The topological polar surface area (TPSA) is 45.2 Å². The monoisotopic (exact) mass is 303 g/mol. The molecule has 0 aliphatic rings. The Labute approximate surface area is 129 Å². The fourth-order valence-electron chi connectivity index (χ4n) is 2.05. The van der Waals surface area contributed by atoms with Crippen molar-refractivity contribution in [1.29, 1.82) is 0 Å². The Kier molecular flexibility index (Phi) is 5.33. The summed E-state index contributed by atoms with van der Waals surface area (Å²) in [5.74, 6) is 0.0296. The number of carbonyl (C=O) groups is 1. The summed E-state index contributed by atoms with van der Waals surface area (Å²) in [5, 5.41) is 3.31. The third-order valence-electron chi connectivity index (χ3n) is 3.30. The number of anilines is 1. The van der Waals surface area contributed by atoms with Gasteiger partial charge in [0.05, 0.1) is 23.3 Å². The number of hydrogen-bond acceptors (Lipinski definition) is 4. The molecule has 1 heterocycles. The van der Waals surface area contributed by atoms with Crippen LogP contribution in [0.4, 0.5) is 5.69 Å². The van der Waals surface area contributed by atoms with Crippen LogP contribution in [0.1, 0.15) is 34.3 Å². The number of amides is 1. The van der Waals surface area contributed by atoms with Gasteiger partial charge in [-0.3, -0.25) is 4.79 Å². The molecule has 2 rings (SSSR count). The molecule has 21 heavy (non-hydrogen) atoms. The van der Waals surface area contributed by atoms with E-state index in [1.165, 1.54) is 0 Å². The van der Waals surface area contributed by atoms with Crippen LogP contribution in [0.5, 0.6) is 0 Å². The predicted molar refractivity (Wildman–Crippen MR) is 87.9 cm³/mol. The van der Waals surface area contributed by atoms with Crippen LogP contribution in [-0.2, 0) is 6.54 Å². The van der Waals surface area contributed by atoms with Crippen molar-refractivity contribution in [2.24, 2.45) is 0 Å². The highest BCUT2D eigenvalue weighted by atomic mass is 32.1. The molecule has 0 saturated heterocycles. The number of para-hydroxylation sites is 1. The molecule has 1 amide bonds. The van der Waals surface area contributed by atoms with Gasteiger partial charge in [-0.05, 0) is 25.5 Å². The van der Waals surface area contributed by atoms with Gasteiger partial charge in [0.25, 0.3) is 5.91 Å². The highest BCUT2D eigenvalue weighted by Gasteiger charge is 2.16. The maximum Gasteiger partial charge on any atom is 0.256 e. The zero-order chi connectivity index (χ0) is 15.2. The van der Waals surface area contributed by atoms with Gasteiger partial charge in [0.2, 0.25) is 0 Å². The average Bonchev–Trinajstić information content (AvgIpc) is 2.90. The van der Waals surface area contributed by atoms with Crippen molar-refractivity contribution in [3.8, 4) is 0 Å². The van der Waals surface area contributed by atoms with Crippen molar-refractivity contribution in [3.63, 3.8) is 0 Å². The van der Waals surface area contributed by atoms with Gasteiger partial charge in [0, 0.05) is 24.2 Å². The molecular weight excluding hydrogens is 282 g/mol. The molecule has 2 aromatic rings. The Morgan fingerprint density at radius 1 is 1.38 bits per heavy atom. The fourth-order valence-corrected chi connectivity index (χ4v) is 2.88. The van der Waals surface area contributed by atoms with Crippen molar-refractivity contribution >= 4 is 22.9 Å². The zero-order valence-electron chi connectivity index (χ0n) is 12.7. The van der Waals surface area contributed by atoms with Crippen LogP contribution >= 0.6 is 11.3 Å². The van der Waals surface area contributed by atoms with Gasteiger partial charge in [-0.1, -0.05) is 19.1 Å². The van der Waals surface area contributed by atoms with Crippen LogP contribution in [0.2, 0.25) is 0 Å². The maximum atomic E-state index is 12.6. The largest absolute Gasteiger partial charge is 0.384 e. The molecular formula is C16H21N3OS. The van der Waals surface area contributed by atoms with Gasteiger partial charge < -0.3 is 10.2 Å². The van der Waals surface area contributed by atoms with Gasteiger partial charge in [0.1, 0.15) is 0 Å². The number of rotatable bonds is 6. The lowest BCUT2D eigenvalue weighted by molar-refractivity contribution is 0.0787. The van der Waals surface area contributed by atoms with Crippen LogP contribution in [-0.4, -0.2) is 29.4 Å². The van der Waals surface area contributed by atoms with E-state index >= 15 is 0 Å². The van der Waals surface area contributed by atoms with Gasteiger partial charge in [-0.25, -0.2) is 4.98 Å². The number of carbonyl (C=O) groups excluding carboxylic acids is 1. The number of aromatic nitrogens is 1. The quantitative estimate of drug-likeness (QED) is 0.887. The minimum Gasteiger partial charge on any atom is -0.384 e. The highest BCUT2D eigenvalue weighted by Crippen LogP contribution is 2.20. The summed E-state index contributed by atoms with van der Waals surface area (Å²) >= 11 is 1.59. The van der Waals surface area contributed by atoms with Gasteiger partial charge in [-0.15, -0.1) is 11.3 Å². The second-order valence-corrected chi connectivity index (χ2v) is 5.93. The maximum absolute atomic E-state index is 12.6. The van der Waals surface area contributed by atoms with E-state index in [2.05, 4.69) is 17.2 Å². The molecule has 112 valence electrons. The Balaban J connectivity index is 2.13. The van der Waals surface area contributed by atoms with Crippen LogP contribution in [0.3, 0.4) is 0 Å². The minimum absolute atomic E-state index is 0.0296. The van der Waals surface area contributed by atoms with E-state index in [4.69, 9.17) is 0 Å². The molecule has 0 radical (unpaired) electrons. The zero-order valence-corrected chi connectivity index (χ0v) is 13.5. The average molecular weight is 303 g/mol. The Bertz CT molecular complexity index is 609. The fraction of sp³-hybridized carbons (Fsp3) is 0.375. The minimum atomic E-state index is 0.0296. The summed E-state index contributed by atoms with van der Waals surface area (Å²) in [6, 6.07) is 7.67. The van der Waals surface area contributed by atoms with Crippen LogP contribution in [0, 0.1) is 6.92 Å². The molecule has 1 aromatic carbocycles. The predicted octanol–water partition coefficient (Wildman–Crippen LogP) is 3.55. The lowest BCUT2D eigenvalue weighted by Crippen LogP contribution is -2.27. The first kappa shape index (κ1) is 15.5. The third kappa shape index (κ3) is 3.82. The summed E-state index contributed by atoms with van der Waals surface area (Å²) in [4.78, 5) is 19.7. The van der Waals surface area contributed by atoms with Crippen molar-refractivity contribution in [2.45, 2.75) is 26.8 Å². The normalized spacial score (nSPS) is 10.4. The number of nitrogens with one attached hydrogen (secondary N) is 1. The van der Waals surface area contributed by atoms with Crippen molar-refractivity contribution in [2.75, 3.05) is 18.9 Å². The summed E-state index contributed by atoms with van der Waals surface area (Å²) in [6.45, 7) is 5.54. The molecule has 0 unspecified atom stereocenters.